The van der Waals surface area contributed by atoms with E-state index < -0.39 is 0 Å². The van der Waals surface area contributed by atoms with Gasteiger partial charge in [-0.2, -0.15) is 0 Å². The summed E-state index contributed by atoms with van der Waals surface area (Å²) in [7, 11) is 0. The molecule has 0 spiro atoms. The summed E-state index contributed by atoms with van der Waals surface area (Å²) in [6.45, 7) is 2.06. The second-order valence-electron chi connectivity index (χ2n) is 3.96. The molecule has 0 unspecified atom stereocenters. The van der Waals surface area contributed by atoms with Gasteiger partial charge in [-0.25, -0.2) is 0 Å². The van der Waals surface area contributed by atoms with Crippen LogP contribution in [0.3, 0.4) is 0 Å². The second kappa shape index (κ2) is 2.84. The number of fused-ring (bicyclic) bond motifs is 2. The second-order valence-corrected chi connectivity index (χ2v) is 3.96. The van der Waals surface area contributed by atoms with E-state index in [1.807, 2.05) is 4.90 Å². The van der Waals surface area contributed by atoms with E-state index in [0.29, 0.717) is 0 Å². The van der Waals surface area contributed by atoms with Crippen LogP contribution < -0.4 is 0 Å². The van der Waals surface area contributed by atoms with Gasteiger partial charge < -0.3 is 4.90 Å². The Labute approximate surface area is 67.6 Å². The van der Waals surface area contributed by atoms with Crippen LogP contribution in [0, 0.1) is 11.8 Å². The normalized spacial score (nSPS) is 36.9. The van der Waals surface area contributed by atoms with Crippen molar-refractivity contribution in [2.24, 2.45) is 11.8 Å². The molecule has 11 heavy (non-hydrogen) atoms. The molecule has 1 aliphatic heterocycles. The predicted octanol–water partition coefficient (Wildman–Crippen LogP) is 1.26. The summed E-state index contributed by atoms with van der Waals surface area (Å²) < 4.78 is 0. The number of nitrogens with zero attached hydrogens (tertiary/aromatic N) is 1. The fourth-order valence-electron chi connectivity index (χ4n) is 2.56. The predicted molar refractivity (Wildman–Crippen MR) is 43.1 cm³/mol. The van der Waals surface area contributed by atoms with Crippen LogP contribution in [0.1, 0.15) is 25.7 Å². The Kier molecular flexibility index (Phi) is 1.84. The van der Waals surface area contributed by atoms with Gasteiger partial charge in [-0.05, 0) is 31.1 Å². The lowest BCUT2D eigenvalue weighted by Gasteiger charge is -2.39. The number of carbonyl (C=O) groups excluding carboxylic acids is 1. The zero-order chi connectivity index (χ0) is 7.68. The van der Waals surface area contributed by atoms with E-state index in [4.69, 9.17) is 0 Å². The number of likely N-dealkylation sites (tertiary alicyclic amines) is 1. The summed E-state index contributed by atoms with van der Waals surface area (Å²) >= 11 is 0. The molecule has 2 bridgehead atoms. The van der Waals surface area contributed by atoms with E-state index >= 15 is 0 Å². The summed E-state index contributed by atoms with van der Waals surface area (Å²) in [5.74, 6) is 1.65. The molecule has 1 heterocycles. The third kappa shape index (κ3) is 1.39. The molecule has 0 N–H and O–H groups in total. The number of carbonyl (C=O) groups is 1. The first-order valence-electron chi connectivity index (χ1n) is 4.58. The van der Waals surface area contributed by atoms with Gasteiger partial charge in [-0.1, -0.05) is 6.42 Å². The molecule has 0 aromatic carbocycles. The quantitative estimate of drug-likeness (QED) is 0.519. The van der Waals surface area contributed by atoms with Gasteiger partial charge in [0.1, 0.15) is 0 Å². The van der Waals surface area contributed by atoms with Gasteiger partial charge in [0.25, 0.3) is 0 Å². The first-order chi connectivity index (χ1) is 5.38. The highest BCUT2D eigenvalue weighted by atomic mass is 16.1. The number of rotatable bonds is 1. The minimum absolute atomic E-state index is 0.827. The molecule has 1 saturated carbocycles. The molecule has 0 aromatic heterocycles. The molecule has 0 aromatic rings. The molecule has 0 radical (unpaired) electrons. The lowest BCUT2D eigenvalue weighted by atomic mass is 9.78. The largest absolute Gasteiger partial charge is 0.345 e. The van der Waals surface area contributed by atoms with Crippen molar-refractivity contribution in [2.45, 2.75) is 25.7 Å². The molecule has 2 aliphatic rings. The van der Waals surface area contributed by atoms with Gasteiger partial charge >= 0.3 is 0 Å². The van der Waals surface area contributed by atoms with E-state index in [-0.39, 0.29) is 0 Å². The standard InChI is InChI=1S/C9H15NO/c11-7-10-5-8-2-1-3-9(4-8)6-10/h7-9H,1-6H2/t8-,9+. The molecular weight excluding hydrogens is 138 g/mol. The molecule has 2 fully saturated rings. The Morgan fingerprint density at radius 3 is 2.36 bits per heavy atom. The van der Waals surface area contributed by atoms with Crippen molar-refractivity contribution < 1.29 is 4.79 Å². The first kappa shape index (κ1) is 7.14. The minimum atomic E-state index is 0.827. The van der Waals surface area contributed by atoms with Crippen molar-refractivity contribution in [3.8, 4) is 0 Å². The maximum absolute atomic E-state index is 10.5. The lowest BCUT2D eigenvalue weighted by molar-refractivity contribution is -0.121. The molecule has 1 aliphatic carbocycles. The van der Waals surface area contributed by atoms with Crippen molar-refractivity contribution in [2.75, 3.05) is 13.1 Å². The summed E-state index contributed by atoms with van der Waals surface area (Å²) in [4.78, 5) is 12.5. The number of piperidine rings is 1. The highest BCUT2D eigenvalue weighted by Gasteiger charge is 2.29. The topological polar surface area (TPSA) is 20.3 Å². The van der Waals surface area contributed by atoms with E-state index in [9.17, 15) is 4.79 Å². The Bertz CT molecular complexity index is 146. The summed E-state index contributed by atoms with van der Waals surface area (Å²) in [6, 6.07) is 0. The third-order valence-electron chi connectivity index (χ3n) is 3.03. The lowest BCUT2D eigenvalue weighted by Crippen LogP contribution is -2.41. The van der Waals surface area contributed by atoms with E-state index in [0.717, 1.165) is 31.3 Å². The van der Waals surface area contributed by atoms with Gasteiger partial charge in [0, 0.05) is 13.1 Å². The minimum Gasteiger partial charge on any atom is -0.345 e. The fourth-order valence-corrected chi connectivity index (χ4v) is 2.56. The molecule has 2 atom stereocenters. The molecule has 62 valence electrons. The van der Waals surface area contributed by atoms with Crippen molar-refractivity contribution in [3.63, 3.8) is 0 Å². The van der Waals surface area contributed by atoms with Gasteiger partial charge in [0.2, 0.25) is 6.41 Å². The maximum atomic E-state index is 10.5. The van der Waals surface area contributed by atoms with Crippen LogP contribution in [0.5, 0.6) is 0 Å². The monoisotopic (exact) mass is 153 g/mol. The van der Waals surface area contributed by atoms with Crippen LogP contribution in [0.15, 0.2) is 0 Å². The van der Waals surface area contributed by atoms with Gasteiger partial charge in [0.05, 0.1) is 0 Å². The van der Waals surface area contributed by atoms with Crippen LogP contribution in [0.2, 0.25) is 0 Å². The average Bonchev–Trinajstić information content (AvgIpc) is 2.03. The smallest absolute Gasteiger partial charge is 0.209 e. The summed E-state index contributed by atoms with van der Waals surface area (Å²) in [5, 5.41) is 0. The number of hydrogen-bond acceptors (Lipinski definition) is 1. The van der Waals surface area contributed by atoms with Crippen molar-refractivity contribution >= 4 is 6.41 Å². The molecule has 2 nitrogen and oxygen atoms in total. The van der Waals surface area contributed by atoms with Crippen LogP contribution in [-0.4, -0.2) is 24.4 Å². The molecule has 2 rings (SSSR count). The SMILES string of the molecule is O=CN1C[C@@H]2CCC[C@@H](C2)C1. The number of hydrogen-bond donors (Lipinski definition) is 0. The molecule has 1 amide bonds. The number of amides is 1. The van der Waals surface area contributed by atoms with Gasteiger partial charge in [0.15, 0.2) is 0 Å². The Balaban J connectivity index is 1.99. The zero-order valence-electron chi connectivity index (χ0n) is 6.83. The highest BCUT2D eigenvalue weighted by molar-refractivity contribution is 5.47. The van der Waals surface area contributed by atoms with Crippen LogP contribution in [0.25, 0.3) is 0 Å². The van der Waals surface area contributed by atoms with Crippen molar-refractivity contribution in [1.82, 2.24) is 4.90 Å². The van der Waals surface area contributed by atoms with E-state index in [1.54, 1.807) is 0 Å². The van der Waals surface area contributed by atoms with E-state index in [2.05, 4.69) is 0 Å². The fraction of sp³-hybridized carbons (Fsp3) is 0.889. The van der Waals surface area contributed by atoms with E-state index in [1.165, 1.54) is 25.7 Å². The summed E-state index contributed by atoms with van der Waals surface area (Å²) in [6.07, 6.45) is 6.48. The van der Waals surface area contributed by atoms with Gasteiger partial charge in [-0.15, -0.1) is 0 Å². The Morgan fingerprint density at radius 1 is 1.18 bits per heavy atom. The molecule has 2 heteroatoms. The maximum Gasteiger partial charge on any atom is 0.209 e. The Hall–Kier alpha value is -0.530. The van der Waals surface area contributed by atoms with Crippen molar-refractivity contribution in [3.05, 3.63) is 0 Å². The average molecular weight is 153 g/mol. The van der Waals surface area contributed by atoms with Crippen LogP contribution in [-0.2, 0) is 4.79 Å². The highest BCUT2D eigenvalue weighted by Crippen LogP contribution is 2.33. The van der Waals surface area contributed by atoms with Crippen LogP contribution in [0.4, 0.5) is 0 Å². The molecule has 1 saturated heterocycles. The Morgan fingerprint density at radius 2 is 1.82 bits per heavy atom. The first-order valence-corrected chi connectivity index (χ1v) is 4.58. The molecular formula is C9H15NO. The summed E-state index contributed by atoms with van der Waals surface area (Å²) in [5.41, 5.74) is 0. The zero-order valence-corrected chi connectivity index (χ0v) is 6.83. The van der Waals surface area contributed by atoms with Gasteiger partial charge in [-0.3, -0.25) is 4.79 Å². The van der Waals surface area contributed by atoms with Crippen LogP contribution >= 0.6 is 0 Å². The van der Waals surface area contributed by atoms with Crippen molar-refractivity contribution in [1.29, 1.82) is 0 Å². The third-order valence-corrected chi connectivity index (χ3v) is 3.03.